The molecule has 180 valence electrons. The minimum absolute atomic E-state index is 0.121. The number of rotatable bonds is 5. The van der Waals surface area contributed by atoms with Gasteiger partial charge in [-0.25, -0.2) is 4.68 Å². The molecule has 1 amide bonds. The molecule has 2 heterocycles. The normalized spacial score (nSPS) is 18.4. The van der Waals surface area contributed by atoms with Crippen LogP contribution in [0.4, 0.5) is 11.5 Å². The maximum absolute atomic E-state index is 13.3. The lowest BCUT2D eigenvalue weighted by atomic mass is 9.73. The van der Waals surface area contributed by atoms with E-state index in [1.54, 1.807) is 10.9 Å². The number of ether oxygens (including phenoxy) is 1. The van der Waals surface area contributed by atoms with Crippen LogP contribution in [0.2, 0.25) is 0 Å². The van der Waals surface area contributed by atoms with Gasteiger partial charge in [-0.3, -0.25) is 9.59 Å². The van der Waals surface area contributed by atoms with Crippen molar-refractivity contribution >= 4 is 23.2 Å². The molecule has 0 fully saturated rings. The standard InChI is InChI=1S/C28H30N4O3/c1-5-35-20-12-10-19(11-13-20)30-27(34)21-16-29-32-25(18-8-6-17(2)7-9-18)24-22(31-26(21)32)14-28(3,4)15-23(24)33/h6-13,16,25,31H,5,14-15H2,1-4H3,(H,30,34)/t25-/m0/s1. The zero-order valence-electron chi connectivity index (χ0n) is 20.5. The highest BCUT2D eigenvalue weighted by Crippen LogP contribution is 2.46. The molecule has 0 unspecified atom stereocenters. The highest BCUT2D eigenvalue weighted by molar-refractivity contribution is 6.08. The van der Waals surface area contributed by atoms with E-state index in [9.17, 15) is 9.59 Å². The van der Waals surface area contributed by atoms with Crippen LogP contribution < -0.4 is 15.4 Å². The summed E-state index contributed by atoms with van der Waals surface area (Å²) in [6, 6.07) is 15.0. The van der Waals surface area contributed by atoms with E-state index in [4.69, 9.17) is 4.74 Å². The van der Waals surface area contributed by atoms with E-state index in [0.29, 0.717) is 30.1 Å². The second-order valence-electron chi connectivity index (χ2n) is 10.0. The van der Waals surface area contributed by atoms with Crippen LogP contribution in [-0.2, 0) is 4.79 Å². The Morgan fingerprint density at radius 3 is 2.54 bits per heavy atom. The van der Waals surface area contributed by atoms with Gasteiger partial charge in [-0.05, 0) is 55.5 Å². The molecular formula is C28H30N4O3. The number of fused-ring (bicyclic) bond motifs is 1. The van der Waals surface area contributed by atoms with E-state index in [-0.39, 0.29) is 23.1 Å². The molecule has 1 aliphatic carbocycles. The number of aromatic nitrogens is 2. The van der Waals surface area contributed by atoms with Gasteiger partial charge >= 0.3 is 0 Å². The molecule has 35 heavy (non-hydrogen) atoms. The molecule has 0 radical (unpaired) electrons. The minimum Gasteiger partial charge on any atom is -0.494 e. The number of anilines is 2. The third kappa shape index (κ3) is 4.34. The van der Waals surface area contributed by atoms with Gasteiger partial charge in [0.05, 0.1) is 12.8 Å². The zero-order chi connectivity index (χ0) is 24.7. The Morgan fingerprint density at radius 1 is 1.14 bits per heavy atom. The molecule has 2 N–H and O–H groups in total. The molecule has 7 heteroatoms. The van der Waals surface area contributed by atoms with E-state index in [2.05, 4.69) is 29.6 Å². The average molecular weight is 471 g/mol. The third-order valence-corrected chi connectivity index (χ3v) is 6.56. The van der Waals surface area contributed by atoms with Crippen LogP contribution in [0.25, 0.3) is 0 Å². The summed E-state index contributed by atoms with van der Waals surface area (Å²) in [6.45, 7) is 8.75. The first kappa shape index (κ1) is 22.9. The molecule has 0 saturated heterocycles. The lowest BCUT2D eigenvalue weighted by Gasteiger charge is -2.39. The molecule has 5 rings (SSSR count). The number of allylic oxidation sites excluding steroid dienone is 2. The fraction of sp³-hybridized carbons (Fsp3) is 0.321. The topological polar surface area (TPSA) is 85.2 Å². The van der Waals surface area contributed by atoms with Crippen LogP contribution in [-0.4, -0.2) is 28.1 Å². The number of aryl methyl sites for hydroxylation is 1. The molecule has 1 aromatic heterocycles. The van der Waals surface area contributed by atoms with Gasteiger partial charge in [0.25, 0.3) is 5.91 Å². The average Bonchev–Trinajstić information content (AvgIpc) is 3.23. The molecule has 0 spiro atoms. The monoisotopic (exact) mass is 470 g/mol. The second kappa shape index (κ2) is 8.73. The van der Waals surface area contributed by atoms with Crippen LogP contribution in [0.3, 0.4) is 0 Å². The minimum atomic E-state index is -0.377. The molecule has 7 nitrogen and oxygen atoms in total. The number of hydrogen-bond acceptors (Lipinski definition) is 5. The van der Waals surface area contributed by atoms with Crippen LogP contribution in [0.15, 0.2) is 66.0 Å². The number of nitrogens with zero attached hydrogens (tertiary/aromatic N) is 2. The Balaban J connectivity index is 1.52. The van der Waals surface area contributed by atoms with Crippen molar-refractivity contribution in [2.24, 2.45) is 5.41 Å². The number of carbonyl (C=O) groups excluding carboxylic acids is 2. The molecule has 0 saturated carbocycles. The number of amides is 1. The summed E-state index contributed by atoms with van der Waals surface area (Å²) in [5.41, 5.74) is 4.66. The molecule has 1 aliphatic heterocycles. The van der Waals surface area contributed by atoms with Crippen LogP contribution >= 0.6 is 0 Å². The second-order valence-corrected chi connectivity index (χ2v) is 10.0. The van der Waals surface area contributed by atoms with Gasteiger partial charge in [-0.1, -0.05) is 43.7 Å². The van der Waals surface area contributed by atoms with Crippen LogP contribution in [0, 0.1) is 12.3 Å². The van der Waals surface area contributed by atoms with Gasteiger partial charge in [0, 0.05) is 23.4 Å². The summed E-state index contributed by atoms with van der Waals surface area (Å²) in [5, 5.41) is 11.0. The van der Waals surface area contributed by atoms with E-state index in [1.807, 2.05) is 62.4 Å². The van der Waals surface area contributed by atoms with Crippen molar-refractivity contribution in [3.05, 3.63) is 82.7 Å². The number of benzene rings is 2. The van der Waals surface area contributed by atoms with Crippen molar-refractivity contribution in [1.29, 1.82) is 0 Å². The van der Waals surface area contributed by atoms with E-state index >= 15 is 0 Å². The van der Waals surface area contributed by atoms with Gasteiger partial charge in [0.2, 0.25) is 0 Å². The molecule has 2 aliphatic rings. The molecule has 1 atom stereocenters. The van der Waals surface area contributed by atoms with Crippen molar-refractivity contribution < 1.29 is 14.3 Å². The van der Waals surface area contributed by atoms with Crippen molar-refractivity contribution in [3.8, 4) is 5.75 Å². The van der Waals surface area contributed by atoms with Gasteiger partial charge in [0.1, 0.15) is 23.2 Å². The fourth-order valence-corrected chi connectivity index (χ4v) is 4.93. The largest absolute Gasteiger partial charge is 0.494 e. The Morgan fingerprint density at radius 2 is 1.86 bits per heavy atom. The van der Waals surface area contributed by atoms with E-state index in [0.717, 1.165) is 34.6 Å². The molecular weight excluding hydrogens is 440 g/mol. The fourth-order valence-electron chi connectivity index (χ4n) is 4.93. The number of Topliss-reactive ketones (excluding diaryl/α,β-unsaturated/α-hetero) is 1. The predicted octanol–water partition coefficient (Wildman–Crippen LogP) is 5.50. The Kier molecular flexibility index (Phi) is 5.71. The maximum Gasteiger partial charge on any atom is 0.261 e. The summed E-state index contributed by atoms with van der Waals surface area (Å²) >= 11 is 0. The van der Waals surface area contributed by atoms with Crippen LogP contribution in [0.5, 0.6) is 5.75 Å². The quantitative estimate of drug-likeness (QED) is 0.514. The number of nitrogens with one attached hydrogen (secondary N) is 2. The van der Waals surface area contributed by atoms with Crippen LogP contribution in [0.1, 0.15) is 61.1 Å². The molecule has 3 aromatic rings. The van der Waals surface area contributed by atoms with Gasteiger partial charge in [0.15, 0.2) is 5.78 Å². The summed E-state index contributed by atoms with van der Waals surface area (Å²) < 4.78 is 7.25. The Bertz CT molecular complexity index is 1320. The van der Waals surface area contributed by atoms with Gasteiger partial charge < -0.3 is 15.4 Å². The van der Waals surface area contributed by atoms with Crippen molar-refractivity contribution in [3.63, 3.8) is 0 Å². The predicted molar refractivity (Wildman–Crippen MR) is 136 cm³/mol. The summed E-state index contributed by atoms with van der Waals surface area (Å²) in [7, 11) is 0. The lowest BCUT2D eigenvalue weighted by Crippen LogP contribution is -2.37. The Labute approximate surface area is 205 Å². The van der Waals surface area contributed by atoms with E-state index in [1.165, 1.54) is 0 Å². The van der Waals surface area contributed by atoms with Crippen molar-refractivity contribution in [1.82, 2.24) is 9.78 Å². The summed E-state index contributed by atoms with van der Waals surface area (Å²) in [6.07, 6.45) is 2.78. The number of ketones is 1. The van der Waals surface area contributed by atoms with E-state index < -0.39 is 0 Å². The summed E-state index contributed by atoms with van der Waals surface area (Å²) in [5.74, 6) is 1.20. The third-order valence-electron chi connectivity index (χ3n) is 6.56. The first-order chi connectivity index (χ1) is 16.8. The van der Waals surface area contributed by atoms with Crippen molar-refractivity contribution in [2.45, 2.75) is 46.6 Å². The zero-order valence-corrected chi connectivity index (χ0v) is 20.5. The molecule has 0 bridgehead atoms. The molecule has 2 aromatic carbocycles. The first-order valence-electron chi connectivity index (χ1n) is 12.0. The number of carbonyl (C=O) groups is 2. The highest BCUT2D eigenvalue weighted by Gasteiger charge is 2.42. The number of hydrogen-bond donors (Lipinski definition) is 2. The van der Waals surface area contributed by atoms with Gasteiger partial charge in [-0.2, -0.15) is 5.10 Å². The first-order valence-corrected chi connectivity index (χ1v) is 12.0. The smallest absolute Gasteiger partial charge is 0.261 e. The summed E-state index contributed by atoms with van der Waals surface area (Å²) in [4.78, 5) is 26.6. The highest BCUT2D eigenvalue weighted by atomic mass is 16.5. The van der Waals surface area contributed by atoms with Gasteiger partial charge in [-0.15, -0.1) is 0 Å². The lowest BCUT2D eigenvalue weighted by molar-refractivity contribution is -0.118. The van der Waals surface area contributed by atoms with Crippen molar-refractivity contribution in [2.75, 3.05) is 17.2 Å². The maximum atomic E-state index is 13.3. The SMILES string of the molecule is CCOc1ccc(NC(=O)c2cnn3c2NC2=C(C(=O)CC(C)(C)C2)[C@@H]3c2ccc(C)cc2)cc1. The Hall–Kier alpha value is -3.87.